The summed E-state index contributed by atoms with van der Waals surface area (Å²) in [6, 6.07) is 9.83. The minimum atomic E-state index is -2.02. The van der Waals surface area contributed by atoms with Crippen LogP contribution in [0.2, 0.25) is 18.1 Å². The molecule has 1 aromatic rings. The van der Waals surface area contributed by atoms with Gasteiger partial charge in [-0.3, -0.25) is 4.79 Å². The van der Waals surface area contributed by atoms with Crippen LogP contribution in [-0.4, -0.2) is 43.9 Å². The summed E-state index contributed by atoms with van der Waals surface area (Å²) >= 11 is 0. The van der Waals surface area contributed by atoms with Crippen LogP contribution in [0.25, 0.3) is 0 Å². The van der Waals surface area contributed by atoms with Crippen LogP contribution in [0.5, 0.6) is 0 Å². The Morgan fingerprint density at radius 1 is 1.32 bits per heavy atom. The van der Waals surface area contributed by atoms with Gasteiger partial charge in [-0.2, -0.15) is 0 Å². The van der Waals surface area contributed by atoms with Crippen molar-refractivity contribution >= 4 is 14.2 Å². The molecule has 1 aliphatic heterocycles. The lowest BCUT2D eigenvalue weighted by molar-refractivity contribution is -0.137. The molecule has 154 valence electrons. The number of nitrogens with zero attached hydrogens (tertiary/aromatic N) is 1. The van der Waals surface area contributed by atoms with Crippen molar-refractivity contribution in [1.29, 1.82) is 0 Å². The summed E-state index contributed by atoms with van der Waals surface area (Å²) in [5.74, 6) is 0.0216. The number of ether oxygens (including phenoxy) is 1. The molecule has 0 aromatic heterocycles. The van der Waals surface area contributed by atoms with Crippen LogP contribution in [0.1, 0.15) is 33.3 Å². The normalized spacial score (nSPS) is 21.4. The van der Waals surface area contributed by atoms with Gasteiger partial charge < -0.3 is 14.1 Å². The van der Waals surface area contributed by atoms with Crippen molar-refractivity contribution < 1.29 is 14.0 Å². The van der Waals surface area contributed by atoms with Crippen LogP contribution in [0.3, 0.4) is 0 Å². The van der Waals surface area contributed by atoms with Crippen molar-refractivity contribution in [2.45, 2.75) is 70.7 Å². The smallest absolute Gasteiger partial charge is 0.220 e. The van der Waals surface area contributed by atoms with Crippen molar-refractivity contribution in [2.75, 3.05) is 6.54 Å². The molecule has 0 radical (unpaired) electrons. The van der Waals surface area contributed by atoms with Crippen LogP contribution in [0.4, 0.5) is 0 Å². The minimum Gasteiger partial charge on any atom is -0.408 e. The SMILES string of the molecule is C=C[C@@H](OCc1ccccc1)[C@@H]1[C@@H](O[Si](C)(C)C(C)(C)C)C=CCN1C(C)=O. The highest BCUT2D eigenvalue weighted by Crippen LogP contribution is 2.39. The van der Waals surface area contributed by atoms with E-state index in [9.17, 15) is 4.79 Å². The summed E-state index contributed by atoms with van der Waals surface area (Å²) in [4.78, 5) is 14.2. The molecule has 0 spiro atoms. The van der Waals surface area contributed by atoms with E-state index in [1.54, 1.807) is 13.0 Å². The van der Waals surface area contributed by atoms with E-state index in [-0.39, 0.29) is 29.2 Å². The fourth-order valence-corrected chi connectivity index (χ4v) is 4.37. The number of rotatable bonds is 7. The Kier molecular flexibility index (Phi) is 7.43. The molecule has 1 amide bonds. The maximum Gasteiger partial charge on any atom is 0.220 e. The second-order valence-corrected chi connectivity index (χ2v) is 13.7. The third-order valence-corrected chi connectivity index (χ3v) is 10.3. The Bertz CT molecular complexity index is 694. The van der Waals surface area contributed by atoms with E-state index in [1.165, 1.54) is 0 Å². The van der Waals surface area contributed by atoms with E-state index < -0.39 is 8.32 Å². The molecule has 0 N–H and O–H groups in total. The molecule has 1 aromatic carbocycles. The highest BCUT2D eigenvalue weighted by molar-refractivity contribution is 6.74. The third kappa shape index (κ3) is 5.43. The van der Waals surface area contributed by atoms with Crippen LogP contribution in [-0.2, 0) is 20.6 Å². The molecular weight excluding hydrogens is 366 g/mol. The van der Waals surface area contributed by atoms with Gasteiger partial charge in [0.1, 0.15) is 0 Å². The molecule has 0 saturated carbocycles. The predicted molar refractivity (Wildman–Crippen MR) is 118 cm³/mol. The molecule has 0 saturated heterocycles. The highest BCUT2D eigenvalue weighted by Gasteiger charge is 2.44. The number of hydrogen-bond acceptors (Lipinski definition) is 3. The number of hydrogen-bond donors (Lipinski definition) is 0. The van der Waals surface area contributed by atoms with Crippen LogP contribution < -0.4 is 0 Å². The van der Waals surface area contributed by atoms with E-state index in [1.807, 2.05) is 41.3 Å². The second kappa shape index (κ2) is 9.20. The quantitative estimate of drug-likeness (QED) is 0.480. The van der Waals surface area contributed by atoms with Gasteiger partial charge in [0.05, 0.1) is 24.9 Å². The molecule has 28 heavy (non-hydrogen) atoms. The zero-order chi connectivity index (χ0) is 20.9. The lowest BCUT2D eigenvalue weighted by atomic mass is 9.98. The van der Waals surface area contributed by atoms with Crippen molar-refractivity contribution in [3.05, 3.63) is 60.7 Å². The van der Waals surface area contributed by atoms with E-state index in [4.69, 9.17) is 9.16 Å². The topological polar surface area (TPSA) is 38.8 Å². The van der Waals surface area contributed by atoms with Gasteiger partial charge in [0.2, 0.25) is 5.91 Å². The summed E-state index contributed by atoms with van der Waals surface area (Å²) in [6.07, 6.45) is 5.38. The van der Waals surface area contributed by atoms with Crippen molar-refractivity contribution in [2.24, 2.45) is 0 Å². The van der Waals surface area contributed by atoms with E-state index in [0.717, 1.165) is 5.56 Å². The fraction of sp³-hybridized carbons (Fsp3) is 0.522. The molecule has 0 aliphatic carbocycles. The van der Waals surface area contributed by atoms with Crippen LogP contribution >= 0.6 is 0 Å². The van der Waals surface area contributed by atoms with Gasteiger partial charge in [-0.05, 0) is 23.7 Å². The van der Waals surface area contributed by atoms with Gasteiger partial charge in [0.15, 0.2) is 8.32 Å². The molecule has 3 atom stereocenters. The van der Waals surface area contributed by atoms with E-state index in [0.29, 0.717) is 13.2 Å². The summed E-state index contributed by atoms with van der Waals surface area (Å²) < 4.78 is 12.9. The van der Waals surface area contributed by atoms with Crippen molar-refractivity contribution in [1.82, 2.24) is 4.90 Å². The van der Waals surface area contributed by atoms with Crippen molar-refractivity contribution in [3.8, 4) is 0 Å². The molecule has 0 unspecified atom stereocenters. The number of carbonyl (C=O) groups excluding carboxylic acids is 1. The Hall–Kier alpha value is -1.69. The van der Waals surface area contributed by atoms with Gasteiger partial charge in [0, 0.05) is 13.5 Å². The zero-order valence-corrected chi connectivity index (χ0v) is 19.1. The number of amides is 1. The zero-order valence-electron chi connectivity index (χ0n) is 18.1. The monoisotopic (exact) mass is 401 g/mol. The molecule has 0 bridgehead atoms. The standard InChI is InChI=1S/C23H35NO3Si/c1-8-20(26-17-19-13-10-9-11-14-19)22-21(15-12-16-24(22)18(2)25)27-28(6,7)23(3,4)5/h8-15,20-22H,1,16-17H2,2-7H3/t20-,21+,22-/m1/s1. The lowest BCUT2D eigenvalue weighted by Gasteiger charge is -2.46. The number of carbonyl (C=O) groups is 1. The summed E-state index contributed by atoms with van der Waals surface area (Å²) in [5, 5.41) is 0.0818. The molecule has 1 heterocycles. The lowest BCUT2D eigenvalue weighted by Crippen LogP contribution is -2.58. The van der Waals surface area contributed by atoms with Gasteiger partial charge in [-0.25, -0.2) is 0 Å². The summed E-state index contributed by atoms with van der Waals surface area (Å²) in [5.41, 5.74) is 1.09. The molecule has 5 heteroatoms. The fourth-order valence-electron chi connectivity index (χ4n) is 3.12. The summed E-state index contributed by atoms with van der Waals surface area (Å²) in [7, 11) is -2.02. The van der Waals surface area contributed by atoms with Crippen molar-refractivity contribution in [3.63, 3.8) is 0 Å². The van der Waals surface area contributed by atoms with E-state index >= 15 is 0 Å². The Balaban J connectivity index is 2.27. The first-order valence-electron chi connectivity index (χ1n) is 9.96. The minimum absolute atomic E-state index is 0.0216. The van der Waals surface area contributed by atoms with Gasteiger partial charge >= 0.3 is 0 Å². The van der Waals surface area contributed by atoms with E-state index in [2.05, 4.69) is 46.5 Å². The second-order valence-electron chi connectivity index (χ2n) is 8.93. The highest BCUT2D eigenvalue weighted by atomic mass is 28.4. The third-order valence-electron chi connectivity index (χ3n) is 5.82. The predicted octanol–water partition coefficient (Wildman–Crippen LogP) is 4.94. The average molecular weight is 402 g/mol. The first kappa shape index (κ1) is 22.6. The number of benzene rings is 1. The largest absolute Gasteiger partial charge is 0.408 e. The first-order valence-corrected chi connectivity index (χ1v) is 12.9. The van der Waals surface area contributed by atoms with Crippen LogP contribution in [0.15, 0.2) is 55.1 Å². The van der Waals surface area contributed by atoms with Gasteiger partial charge in [0.25, 0.3) is 0 Å². The average Bonchev–Trinajstić information content (AvgIpc) is 2.62. The molecule has 2 rings (SSSR count). The summed E-state index contributed by atoms with van der Waals surface area (Å²) in [6.45, 7) is 17.8. The Morgan fingerprint density at radius 2 is 1.96 bits per heavy atom. The van der Waals surface area contributed by atoms with Gasteiger partial charge in [-0.15, -0.1) is 6.58 Å². The van der Waals surface area contributed by atoms with Gasteiger partial charge in [-0.1, -0.05) is 69.3 Å². The maximum atomic E-state index is 12.4. The molecular formula is C23H35NO3Si. The Labute approximate surface area is 171 Å². The molecule has 0 fully saturated rings. The Morgan fingerprint density at radius 3 is 2.50 bits per heavy atom. The molecule has 1 aliphatic rings. The molecule has 4 nitrogen and oxygen atoms in total. The van der Waals surface area contributed by atoms with Crippen LogP contribution in [0, 0.1) is 0 Å². The first-order chi connectivity index (χ1) is 13.1. The maximum absolute atomic E-state index is 12.4.